The first kappa shape index (κ1) is 18.5. The topological polar surface area (TPSA) is 100 Å². The summed E-state index contributed by atoms with van der Waals surface area (Å²) in [4.78, 5) is 23.1. The Balaban J connectivity index is 1.99. The smallest absolute Gasteiger partial charge is 0.217 e. The fourth-order valence-electron chi connectivity index (χ4n) is 1.98. The molecule has 1 aromatic heterocycles. The van der Waals surface area contributed by atoms with Crippen molar-refractivity contribution in [1.82, 2.24) is 14.8 Å². The molecule has 0 unspecified atom stereocenters. The van der Waals surface area contributed by atoms with Gasteiger partial charge in [0, 0.05) is 25.5 Å². The van der Waals surface area contributed by atoms with Crippen molar-refractivity contribution >= 4 is 39.4 Å². The van der Waals surface area contributed by atoms with Crippen LogP contribution in [-0.4, -0.2) is 39.3 Å². The molecule has 9 heteroatoms. The van der Waals surface area contributed by atoms with E-state index in [-0.39, 0.29) is 23.9 Å². The number of carbonyl (C=O) groups excluding carboxylic acids is 2. The van der Waals surface area contributed by atoms with Gasteiger partial charge in [-0.15, -0.1) is 10.2 Å². The van der Waals surface area contributed by atoms with Gasteiger partial charge in [-0.05, 0) is 34.1 Å². The number of nitrogens with zero attached hydrogens (tertiary/aromatic N) is 3. The summed E-state index contributed by atoms with van der Waals surface area (Å²) in [7, 11) is 3.37. The van der Waals surface area contributed by atoms with Gasteiger partial charge in [-0.25, -0.2) is 0 Å². The van der Waals surface area contributed by atoms with Gasteiger partial charge in [-0.3, -0.25) is 9.59 Å². The number of hydrogen-bond acceptors (Lipinski definition) is 6. The Kier molecular flexibility index (Phi) is 6.38. The number of thioether (sulfide) groups is 1. The molecule has 0 aliphatic heterocycles. The molecule has 0 fully saturated rings. The number of nitrogens with two attached hydrogens (primary N) is 1. The number of rotatable bonds is 8. The van der Waals surface area contributed by atoms with Crippen LogP contribution in [0.15, 0.2) is 27.8 Å². The van der Waals surface area contributed by atoms with Crippen LogP contribution in [0.4, 0.5) is 0 Å². The highest BCUT2D eigenvalue weighted by Crippen LogP contribution is 2.26. The van der Waals surface area contributed by atoms with Crippen molar-refractivity contribution < 1.29 is 14.3 Å². The molecular weight excluding hydrogens is 396 g/mol. The number of ketones is 1. The third kappa shape index (κ3) is 4.57. The standard InChI is InChI=1S/C15H17BrN4O3S/c1-20-14(6-5-13(17)22)18-19-15(20)24-8-11(21)9-3-4-12(23-2)10(16)7-9/h3-4,7H,5-6,8H2,1-2H3,(H2,17,22). The maximum atomic E-state index is 12.3. The van der Waals surface area contributed by atoms with Crippen LogP contribution in [0.1, 0.15) is 22.6 Å². The van der Waals surface area contributed by atoms with Crippen molar-refractivity contribution in [3.05, 3.63) is 34.1 Å². The summed E-state index contributed by atoms with van der Waals surface area (Å²) in [6, 6.07) is 5.20. The fraction of sp³-hybridized carbons (Fsp3) is 0.333. The van der Waals surface area contributed by atoms with Gasteiger partial charge in [-0.2, -0.15) is 0 Å². The van der Waals surface area contributed by atoms with Crippen LogP contribution in [0, 0.1) is 0 Å². The second kappa shape index (κ2) is 8.29. The minimum Gasteiger partial charge on any atom is -0.496 e. The van der Waals surface area contributed by atoms with Crippen LogP contribution >= 0.6 is 27.7 Å². The number of Topliss-reactive ketones (excluding diaryl/α,β-unsaturated/α-hetero) is 1. The van der Waals surface area contributed by atoms with Gasteiger partial charge in [-0.1, -0.05) is 11.8 Å². The Morgan fingerprint density at radius 2 is 2.12 bits per heavy atom. The zero-order valence-corrected chi connectivity index (χ0v) is 15.7. The third-order valence-corrected chi connectivity index (χ3v) is 4.97. The summed E-state index contributed by atoms with van der Waals surface area (Å²) in [5.74, 6) is 1.17. The van der Waals surface area contributed by atoms with Crippen LogP contribution in [0.25, 0.3) is 0 Å². The number of carbonyl (C=O) groups is 2. The van der Waals surface area contributed by atoms with Crippen molar-refractivity contribution in [3.63, 3.8) is 0 Å². The molecular formula is C15H17BrN4O3S. The van der Waals surface area contributed by atoms with E-state index in [1.54, 1.807) is 36.9 Å². The summed E-state index contributed by atoms with van der Waals surface area (Å²) in [5.41, 5.74) is 5.72. The van der Waals surface area contributed by atoms with Gasteiger partial charge in [0.25, 0.3) is 0 Å². The molecule has 0 radical (unpaired) electrons. The highest BCUT2D eigenvalue weighted by molar-refractivity contribution is 9.10. The Morgan fingerprint density at radius 1 is 1.38 bits per heavy atom. The number of halogens is 1. The van der Waals surface area contributed by atoms with Gasteiger partial charge in [0.1, 0.15) is 11.6 Å². The van der Waals surface area contributed by atoms with Gasteiger partial charge in [0.05, 0.1) is 17.3 Å². The van der Waals surface area contributed by atoms with E-state index in [0.717, 1.165) is 4.47 Å². The van der Waals surface area contributed by atoms with E-state index in [1.807, 2.05) is 0 Å². The summed E-state index contributed by atoms with van der Waals surface area (Å²) in [6.45, 7) is 0. The lowest BCUT2D eigenvalue weighted by molar-refractivity contribution is -0.118. The molecule has 2 aromatic rings. The van der Waals surface area contributed by atoms with E-state index in [1.165, 1.54) is 11.8 Å². The zero-order valence-electron chi connectivity index (χ0n) is 13.3. The summed E-state index contributed by atoms with van der Waals surface area (Å²) in [5, 5.41) is 8.69. The van der Waals surface area contributed by atoms with Gasteiger partial charge >= 0.3 is 0 Å². The SMILES string of the molecule is COc1ccc(C(=O)CSc2nnc(CCC(N)=O)n2C)cc1Br. The van der Waals surface area contributed by atoms with E-state index in [4.69, 9.17) is 10.5 Å². The minimum atomic E-state index is -0.382. The van der Waals surface area contributed by atoms with Gasteiger partial charge in [0.15, 0.2) is 10.9 Å². The molecule has 2 N–H and O–H groups in total. The number of ether oxygens (including phenoxy) is 1. The largest absolute Gasteiger partial charge is 0.496 e. The molecule has 0 spiro atoms. The highest BCUT2D eigenvalue weighted by atomic mass is 79.9. The predicted molar refractivity (Wildman–Crippen MR) is 94.3 cm³/mol. The Labute approximate surface area is 152 Å². The van der Waals surface area contributed by atoms with Crippen LogP contribution in [0.3, 0.4) is 0 Å². The average Bonchev–Trinajstić information content (AvgIpc) is 2.90. The van der Waals surface area contributed by atoms with Crippen molar-refractivity contribution in [3.8, 4) is 5.75 Å². The number of primary amides is 1. The molecule has 1 heterocycles. The van der Waals surface area contributed by atoms with Crippen molar-refractivity contribution in [1.29, 1.82) is 0 Å². The van der Waals surface area contributed by atoms with Gasteiger partial charge < -0.3 is 15.0 Å². The predicted octanol–water partition coefficient (Wildman–Crippen LogP) is 1.98. The maximum absolute atomic E-state index is 12.3. The van der Waals surface area contributed by atoms with Gasteiger partial charge in [0.2, 0.25) is 5.91 Å². The number of aromatic nitrogens is 3. The van der Waals surface area contributed by atoms with E-state index in [0.29, 0.717) is 28.7 Å². The van der Waals surface area contributed by atoms with Crippen LogP contribution in [-0.2, 0) is 18.3 Å². The van der Waals surface area contributed by atoms with E-state index in [9.17, 15) is 9.59 Å². The molecule has 0 saturated heterocycles. The first-order valence-corrected chi connectivity index (χ1v) is 8.86. The molecule has 0 aliphatic rings. The summed E-state index contributed by atoms with van der Waals surface area (Å²) >= 11 is 4.67. The minimum absolute atomic E-state index is 0.0231. The van der Waals surface area contributed by atoms with Crippen LogP contribution in [0.2, 0.25) is 0 Å². The molecule has 128 valence electrons. The normalized spacial score (nSPS) is 10.6. The lowest BCUT2D eigenvalue weighted by Gasteiger charge is -2.06. The first-order chi connectivity index (χ1) is 11.4. The molecule has 7 nitrogen and oxygen atoms in total. The lowest BCUT2D eigenvalue weighted by atomic mass is 10.1. The van der Waals surface area contributed by atoms with Crippen molar-refractivity contribution in [2.24, 2.45) is 12.8 Å². The van der Waals surface area contributed by atoms with E-state index >= 15 is 0 Å². The second-order valence-electron chi connectivity index (χ2n) is 4.99. The Bertz CT molecular complexity index is 763. The first-order valence-electron chi connectivity index (χ1n) is 7.08. The molecule has 0 atom stereocenters. The lowest BCUT2D eigenvalue weighted by Crippen LogP contribution is -2.13. The average molecular weight is 413 g/mol. The molecule has 2 rings (SSSR count). The summed E-state index contributed by atoms with van der Waals surface area (Å²) < 4.78 is 7.65. The highest BCUT2D eigenvalue weighted by Gasteiger charge is 2.14. The van der Waals surface area contributed by atoms with E-state index in [2.05, 4.69) is 26.1 Å². The summed E-state index contributed by atoms with van der Waals surface area (Å²) in [6.07, 6.45) is 0.647. The molecule has 1 amide bonds. The zero-order chi connectivity index (χ0) is 17.7. The number of methoxy groups -OCH3 is 1. The monoisotopic (exact) mass is 412 g/mol. The molecule has 0 aliphatic carbocycles. The van der Waals surface area contributed by atoms with Crippen molar-refractivity contribution in [2.45, 2.75) is 18.0 Å². The number of amides is 1. The molecule has 0 saturated carbocycles. The second-order valence-corrected chi connectivity index (χ2v) is 6.78. The van der Waals surface area contributed by atoms with Crippen LogP contribution < -0.4 is 10.5 Å². The number of benzene rings is 1. The fourth-order valence-corrected chi connectivity index (χ4v) is 3.34. The van der Waals surface area contributed by atoms with Crippen LogP contribution in [0.5, 0.6) is 5.75 Å². The third-order valence-electron chi connectivity index (χ3n) is 3.33. The van der Waals surface area contributed by atoms with Crippen molar-refractivity contribution in [2.75, 3.05) is 12.9 Å². The molecule has 24 heavy (non-hydrogen) atoms. The Hall–Kier alpha value is -1.87. The quantitative estimate of drug-likeness (QED) is 0.525. The van der Waals surface area contributed by atoms with E-state index < -0.39 is 0 Å². The maximum Gasteiger partial charge on any atom is 0.217 e. The Morgan fingerprint density at radius 3 is 2.75 bits per heavy atom. The molecule has 0 bridgehead atoms. The number of aryl methyl sites for hydroxylation is 1. The number of hydrogen-bond donors (Lipinski definition) is 1. The molecule has 1 aromatic carbocycles.